The van der Waals surface area contributed by atoms with E-state index in [4.69, 9.17) is 14.2 Å². The summed E-state index contributed by atoms with van der Waals surface area (Å²) in [5.74, 6) is 1.45. The molecule has 8 heteroatoms. The van der Waals surface area contributed by atoms with Gasteiger partial charge in [-0.25, -0.2) is 9.82 Å². The lowest BCUT2D eigenvalue weighted by molar-refractivity contribution is 0.0955. The number of methoxy groups -OCH3 is 3. The van der Waals surface area contributed by atoms with Crippen LogP contribution in [0.2, 0.25) is 0 Å². The number of nitrogens with zero attached hydrogens (tertiary/aromatic N) is 2. The second-order valence-corrected chi connectivity index (χ2v) is 8.58. The van der Waals surface area contributed by atoms with Gasteiger partial charge in [-0.1, -0.05) is 0 Å². The second-order valence-electron chi connectivity index (χ2n) is 8.58. The second kappa shape index (κ2) is 11.2. The molecule has 1 aliphatic heterocycles. The molecule has 0 spiro atoms. The van der Waals surface area contributed by atoms with E-state index >= 15 is 0 Å². The maximum absolute atomic E-state index is 13.1. The van der Waals surface area contributed by atoms with Gasteiger partial charge in [0.1, 0.15) is 11.6 Å². The number of benzene rings is 3. The van der Waals surface area contributed by atoms with Crippen molar-refractivity contribution in [3.8, 4) is 17.2 Å². The molecule has 1 heterocycles. The maximum atomic E-state index is 13.1. The number of hydrogen-bond acceptors (Lipinski definition) is 6. The van der Waals surface area contributed by atoms with Crippen LogP contribution < -0.4 is 19.6 Å². The summed E-state index contributed by atoms with van der Waals surface area (Å²) in [6, 6.07) is 15.4. The largest absolute Gasteiger partial charge is 0.496 e. The van der Waals surface area contributed by atoms with Crippen LogP contribution in [-0.2, 0) is 13.0 Å². The van der Waals surface area contributed by atoms with E-state index < -0.39 is 11.7 Å². The summed E-state index contributed by atoms with van der Waals surface area (Å²) >= 11 is 0. The Morgan fingerprint density at radius 3 is 2.42 bits per heavy atom. The van der Waals surface area contributed by atoms with Crippen molar-refractivity contribution in [2.45, 2.75) is 25.9 Å². The average molecular weight is 492 g/mol. The third-order valence-electron chi connectivity index (χ3n) is 6.48. The van der Waals surface area contributed by atoms with Gasteiger partial charge in [0.25, 0.3) is 5.91 Å². The van der Waals surface area contributed by atoms with Crippen molar-refractivity contribution < 1.29 is 23.4 Å². The van der Waals surface area contributed by atoms with Gasteiger partial charge in [0.05, 0.1) is 27.5 Å². The standard InChI is InChI=1S/C28H30FN3O4/c1-18-24-15-27(36-4)26(35-3)14-21(24)11-12-32(18)17-22-13-19(5-10-25(22)34-2)16-30-31-28(33)20-6-8-23(29)9-7-20/h5-10,13-16,18H,11-12,17H2,1-4H3,(H,31,33)/b30-16-/t18-/m0/s1. The maximum Gasteiger partial charge on any atom is 0.271 e. The fraction of sp³-hybridized carbons (Fsp3) is 0.286. The number of ether oxygens (including phenoxy) is 3. The fourth-order valence-corrected chi connectivity index (χ4v) is 4.47. The van der Waals surface area contributed by atoms with Gasteiger partial charge in [-0.3, -0.25) is 9.69 Å². The van der Waals surface area contributed by atoms with E-state index in [1.807, 2.05) is 18.2 Å². The van der Waals surface area contributed by atoms with E-state index in [1.54, 1.807) is 27.5 Å². The Morgan fingerprint density at radius 2 is 1.72 bits per heavy atom. The van der Waals surface area contributed by atoms with Crippen LogP contribution in [0.5, 0.6) is 17.2 Å². The molecular weight excluding hydrogens is 461 g/mol. The summed E-state index contributed by atoms with van der Waals surface area (Å²) in [5.41, 5.74) is 7.13. The first-order valence-corrected chi connectivity index (χ1v) is 11.7. The predicted octanol–water partition coefficient (Wildman–Crippen LogP) is 4.73. The van der Waals surface area contributed by atoms with E-state index in [0.717, 1.165) is 41.3 Å². The molecule has 1 aliphatic rings. The predicted molar refractivity (Wildman–Crippen MR) is 137 cm³/mol. The van der Waals surface area contributed by atoms with Crippen molar-refractivity contribution in [3.63, 3.8) is 0 Å². The lowest BCUT2D eigenvalue weighted by Gasteiger charge is -2.36. The molecule has 3 aromatic rings. The quantitative estimate of drug-likeness (QED) is 0.364. The molecule has 0 unspecified atom stereocenters. The van der Waals surface area contributed by atoms with Gasteiger partial charge in [-0.15, -0.1) is 0 Å². The number of carbonyl (C=O) groups is 1. The number of amides is 1. The van der Waals surface area contributed by atoms with Gasteiger partial charge in [0, 0.05) is 30.3 Å². The van der Waals surface area contributed by atoms with Crippen LogP contribution >= 0.6 is 0 Å². The first-order chi connectivity index (χ1) is 17.4. The molecule has 0 saturated heterocycles. The molecule has 0 aliphatic carbocycles. The Morgan fingerprint density at radius 1 is 1.03 bits per heavy atom. The molecule has 1 atom stereocenters. The molecule has 0 saturated carbocycles. The van der Waals surface area contributed by atoms with Crippen LogP contribution in [0.4, 0.5) is 4.39 Å². The first-order valence-electron chi connectivity index (χ1n) is 11.7. The van der Waals surface area contributed by atoms with Crippen molar-refractivity contribution in [3.05, 3.63) is 88.2 Å². The lowest BCUT2D eigenvalue weighted by Crippen LogP contribution is -2.33. The number of fused-ring (bicyclic) bond motifs is 1. The van der Waals surface area contributed by atoms with E-state index in [9.17, 15) is 9.18 Å². The SMILES string of the molecule is COc1ccc(/C=N\NC(=O)c2ccc(F)cc2)cc1CN1CCc2cc(OC)c(OC)cc2[C@@H]1C. The van der Waals surface area contributed by atoms with E-state index in [1.165, 1.54) is 35.4 Å². The highest BCUT2D eigenvalue weighted by atomic mass is 19.1. The molecule has 1 N–H and O–H groups in total. The molecule has 188 valence electrons. The number of carbonyl (C=O) groups excluding carboxylic acids is 1. The van der Waals surface area contributed by atoms with Gasteiger partial charge in [0.2, 0.25) is 0 Å². The normalized spacial score (nSPS) is 15.4. The molecule has 0 radical (unpaired) electrons. The van der Waals surface area contributed by atoms with Crippen LogP contribution in [0.15, 0.2) is 59.7 Å². The zero-order chi connectivity index (χ0) is 25.7. The topological polar surface area (TPSA) is 72.4 Å². The molecule has 0 aromatic heterocycles. The zero-order valence-electron chi connectivity index (χ0n) is 20.9. The van der Waals surface area contributed by atoms with Gasteiger partial charge in [0.15, 0.2) is 11.5 Å². The Balaban J connectivity index is 1.49. The van der Waals surface area contributed by atoms with Gasteiger partial charge in [-0.2, -0.15) is 5.10 Å². The highest BCUT2D eigenvalue weighted by molar-refractivity contribution is 5.94. The number of hydrogen-bond donors (Lipinski definition) is 1. The van der Waals surface area contributed by atoms with E-state index in [0.29, 0.717) is 12.1 Å². The van der Waals surface area contributed by atoms with Crippen LogP contribution in [0, 0.1) is 5.82 Å². The van der Waals surface area contributed by atoms with Crippen LogP contribution in [0.1, 0.15) is 45.6 Å². The van der Waals surface area contributed by atoms with Crippen LogP contribution in [0.25, 0.3) is 0 Å². The number of hydrazone groups is 1. The van der Waals surface area contributed by atoms with E-state index in [-0.39, 0.29) is 6.04 Å². The van der Waals surface area contributed by atoms with Crippen molar-refractivity contribution >= 4 is 12.1 Å². The Labute approximate surface area is 210 Å². The molecule has 3 aromatic carbocycles. The smallest absolute Gasteiger partial charge is 0.271 e. The molecule has 4 rings (SSSR count). The summed E-state index contributed by atoms with van der Waals surface area (Å²) in [7, 11) is 4.96. The van der Waals surface area contributed by atoms with Crippen LogP contribution in [-0.4, -0.2) is 44.9 Å². The minimum Gasteiger partial charge on any atom is -0.496 e. The third kappa shape index (κ3) is 5.49. The van der Waals surface area contributed by atoms with Gasteiger partial charge < -0.3 is 14.2 Å². The van der Waals surface area contributed by atoms with Crippen molar-refractivity contribution in [1.82, 2.24) is 10.3 Å². The molecule has 36 heavy (non-hydrogen) atoms. The Bertz CT molecular complexity index is 1260. The summed E-state index contributed by atoms with van der Waals surface area (Å²) in [5, 5.41) is 4.07. The molecular formula is C28H30FN3O4. The average Bonchev–Trinajstić information content (AvgIpc) is 2.90. The highest BCUT2D eigenvalue weighted by Gasteiger charge is 2.26. The first kappa shape index (κ1) is 25.2. The van der Waals surface area contributed by atoms with Crippen molar-refractivity contribution in [1.29, 1.82) is 0 Å². The third-order valence-corrected chi connectivity index (χ3v) is 6.48. The molecule has 0 bridgehead atoms. The number of rotatable bonds is 8. The van der Waals surface area contributed by atoms with Crippen molar-refractivity contribution in [2.75, 3.05) is 27.9 Å². The molecule has 1 amide bonds. The van der Waals surface area contributed by atoms with Gasteiger partial charge >= 0.3 is 0 Å². The highest BCUT2D eigenvalue weighted by Crippen LogP contribution is 2.38. The zero-order valence-corrected chi connectivity index (χ0v) is 20.9. The number of halogens is 1. The number of nitrogens with one attached hydrogen (secondary N) is 1. The van der Waals surface area contributed by atoms with Crippen molar-refractivity contribution in [2.24, 2.45) is 5.10 Å². The molecule has 0 fully saturated rings. The van der Waals surface area contributed by atoms with Crippen LogP contribution in [0.3, 0.4) is 0 Å². The summed E-state index contributed by atoms with van der Waals surface area (Å²) in [6.45, 7) is 3.76. The summed E-state index contributed by atoms with van der Waals surface area (Å²) in [6.07, 6.45) is 2.48. The summed E-state index contributed by atoms with van der Waals surface area (Å²) in [4.78, 5) is 14.6. The Kier molecular flexibility index (Phi) is 7.85. The lowest BCUT2D eigenvalue weighted by atomic mass is 9.92. The Hall–Kier alpha value is -3.91. The summed E-state index contributed by atoms with van der Waals surface area (Å²) < 4.78 is 29.7. The minimum atomic E-state index is -0.409. The molecule has 7 nitrogen and oxygen atoms in total. The minimum absolute atomic E-state index is 0.172. The fourth-order valence-electron chi connectivity index (χ4n) is 4.47. The van der Waals surface area contributed by atoms with Gasteiger partial charge in [-0.05, 0) is 84.6 Å². The monoisotopic (exact) mass is 491 g/mol. The van der Waals surface area contributed by atoms with E-state index in [2.05, 4.69) is 34.5 Å².